The van der Waals surface area contributed by atoms with Crippen molar-refractivity contribution in [1.29, 1.82) is 0 Å². The maximum Gasteiger partial charge on any atom is 0.262 e. The second kappa shape index (κ2) is 8.98. The Morgan fingerprint density at radius 1 is 1.04 bits per heavy atom. The Balaban J connectivity index is 1.58. The lowest BCUT2D eigenvalue weighted by atomic mass is 10.1. The molecule has 0 heterocycles. The van der Waals surface area contributed by atoms with E-state index in [2.05, 4.69) is 10.6 Å². The number of nitrogens with one attached hydrogen (secondary N) is 2. The van der Waals surface area contributed by atoms with Crippen molar-refractivity contribution in [1.82, 2.24) is 5.32 Å². The molecule has 2 amide bonds. The summed E-state index contributed by atoms with van der Waals surface area (Å²) in [7, 11) is 0. The lowest BCUT2D eigenvalue weighted by molar-refractivity contribution is -0.118. The number of aldehydes is 1. The van der Waals surface area contributed by atoms with Gasteiger partial charge in [0.15, 0.2) is 6.61 Å². The summed E-state index contributed by atoms with van der Waals surface area (Å²) in [6.45, 7) is -0.195. The van der Waals surface area contributed by atoms with Gasteiger partial charge in [-0.2, -0.15) is 0 Å². The topological polar surface area (TPSA) is 84.5 Å². The monoisotopic (exact) mass is 366 g/mol. The smallest absolute Gasteiger partial charge is 0.262 e. The molecule has 0 saturated heterocycles. The number of anilines is 1. The predicted molar refractivity (Wildman–Crippen MR) is 102 cm³/mol. The van der Waals surface area contributed by atoms with Gasteiger partial charge in [-0.25, -0.2) is 0 Å². The van der Waals surface area contributed by atoms with Crippen LogP contribution in [0.3, 0.4) is 0 Å². The second-order valence-corrected chi connectivity index (χ2v) is 6.52. The van der Waals surface area contributed by atoms with E-state index in [0.29, 0.717) is 22.6 Å². The molecule has 0 atom stereocenters. The van der Waals surface area contributed by atoms with Crippen LogP contribution in [0.4, 0.5) is 5.69 Å². The highest BCUT2D eigenvalue weighted by molar-refractivity contribution is 6.04. The molecule has 0 radical (unpaired) electrons. The molecular weight excluding hydrogens is 344 g/mol. The van der Waals surface area contributed by atoms with E-state index in [-0.39, 0.29) is 24.5 Å². The first-order chi connectivity index (χ1) is 13.2. The van der Waals surface area contributed by atoms with Gasteiger partial charge in [-0.05, 0) is 49.2 Å². The summed E-state index contributed by atoms with van der Waals surface area (Å²) >= 11 is 0. The molecule has 0 bridgehead atoms. The Morgan fingerprint density at radius 2 is 1.74 bits per heavy atom. The fourth-order valence-electron chi connectivity index (χ4n) is 3.10. The molecule has 2 aromatic carbocycles. The van der Waals surface area contributed by atoms with E-state index >= 15 is 0 Å². The number of rotatable bonds is 7. The van der Waals surface area contributed by atoms with Crippen molar-refractivity contribution in [2.45, 2.75) is 31.7 Å². The minimum absolute atomic E-state index is 0.178. The van der Waals surface area contributed by atoms with Gasteiger partial charge in [0.05, 0.1) is 11.3 Å². The van der Waals surface area contributed by atoms with Crippen molar-refractivity contribution >= 4 is 23.8 Å². The van der Waals surface area contributed by atoms with Gasteiger partial charge in [0.2, 0.25) is 0 Å². The maximum atomic E-state index is 12.5. The number of ether oxygens (including phenoxy) is 1. The minimum atomic E-state index is -0.365. The van der Waals surface area contributed by atoms with E-state index in [1.807, 2.05) is 0 Å². The zero-order valence-corrected chi connectivity index (χ0v) is 14.9. The molecule has 1 aliphatic carbocycles. The molecule has 1 saturated carbocycles. The van der Waals surface area contributed by atoms with Crippen LogP contribution in [0.1, 0.15) is 46.4 Å². The molecule has 6 heteroatoms. The lowest BCUT2D eigenvalue weighted by Gasteiger charge is -2.15. The molecule has 1 aliphatic rings. The van der Waals surface area contributed by atoms with Crippen LogP contribution in [0.2, 0.25) is 0 Å². The fourth-order valence-corrected chi connectivity index (χ4v) is 3.10. The van der Waals surface area contributed by atoms with Crippen LogP contribution in [0.5, 0.6) is 5.75 Å². The number of para-hydroxylation sites is 1. The Morgan fingerprint density at radius 3 is 2.44 bits per heavy atom. The zero-order valence-electron chi connectivity index (χ0n) is 14.9. The van der Waals surface area contributed by atoms with E-state index in [1.165, 1.54) is 0 Å². The van der Waals surface area contributed by atoms with E-state index in [1.54, 1.807) is 48.5 Å². The summed E-state index contributed by atoms with van der Waals surface area (Å²) < 4.78 is 5.42. The number of carbonyl (C=O) groups excluding carboxylic acids is 3. The Bertz CT molecular complexity index is 811. The van der Waals surface area contributed by atoms with Gasteiger partial charge in [-0.3, -0.25) is 14.4 Å². The number of hydrogen-bond donors (Lipinski definition) is 2. The summed E-state index contributed by atoms with van der Waals surface area (Å²) in [5.41, 5.74) is 1.43. The number of benzene rings is 2. The van der Waals surface area contributed by atoms with Crippen molar-refractivity contribution in [3.8, 4) is 5.75 Å². The molecule has 3 rings (SSSR count). The normalized spacial score (nSPS) is 13.8. The largest absolute Gasteiger partial charge is 0.484 e. The summed E-state index contributed by atoms with van der Waals surface area (Å²) in [4.78, 5) is 35.4. The Kier molecular flexibility index (Phi) is 6.20. The highest BCUT2D eigenvalue weighted by Gasteiger charge is 2.20. The SMILES string of the molecule is O=Cc1ccc(OCC(=O)Nc2ccccc2C(=O)NC2CCCC2)cc1. The molecule has 140 valence electrons. The molecule has 0 spiro atoms. The number of hydrogen-bond acceptors (Lipinski definition) is 4. The van der Waals surface area contributed by atoms with Crippen LogP contribution in [-0.4, -0.2) is 30.7 Å². The van der Waals surface area contributed by atoms with Gasteiger partial charge >= 0.3 is 0 Å². The first kappa shape index (κ1) is 18.6. The minimum Gasteiger partial charge on any atom is -0.484 e. The third kappa shape index (κ3) is 5.17. The maximum absolute atomic E-state index is 12.5. The van der Waals surface area contributed by atoms with Crippen molar-refractivity contribution < 1.29 is 19.1 Å². The number of carbonyl (C=O) groups is 3. The second-order valence-electron chi connectivity index (χ2n) is 6.52. The summed E-state index contributed by atoms with van der Waals surface area (Å²) in [6.07, 6.45) is 5.00. The average molecular weight is 366 g/mol. The van der Waals surface area contributed by atoms with E-state index in [0.717, 1.165) is 32.0 Å². The van der Waals surface area contributed by atoms with Crippen LogP contribution in [0.15, 0.2) is 48.5 Å². The van der Waals surface area contributed by atoms with E-state index in [9.17, 15) is 14.4 Å². The molecule has 1 fully saturated rings. The standard InChI is InChI=1S/C21H22N2O4/c24-13-15-9-11-17(12-10-15)27-14-20(25)23-19-8-4-3-7-18(19)21(26)22-16-5-1-2-6-16/h3-4,7-13,16H,1-2,5-6,14H2,(H,22,26)(H,23,25). The summed E-state index contributed by atoms with van der Waals surface area (Å²) in [6, 6.07) is 13.6. The third-order valence-electron chi connectivity index (χ3n) is 4.52. The van der Waals surface area contributed by atoms with E-state index in [4.69, 9.17) is 4.74 Å². The Hall–Kier alpha value is -3.15. The molecule has 0 aliphatic heterocycles. The van der Waals surface area contributed by atoms with Gasteiger partial charge in [0.25, 0.3) is 11.8 Å². The molecule has 0 aromatic heterocycles. The molecule has 0 unspecified atom stereocenters. The fraction of sp³-hybridized carbons (Fsp3) is 0.286. The predicted octanol–water partition coefficient (Wildman–Crippen LogP) is 3.19. The highest BCUT2D eigenvalue weighted by atomic mass is 16.5. The van der Waals surface area contributed by atoms with Crippen molar-refractivity contribution in [3.63, 3.8) is 0 Å². The number of amides is 2. The van der Waals surface area contributed by atoms with Crippen LogP contribution >= 0.6 is 0 Å². The molecular formula is C21H22N2O4. The summed E-state index contributed by atoms with van der Waals surface area (Å²) in [5.74, 6) is -0.0539. The van der Waals surface area contributed by atoms with Crippen molar-refractivity contribution in [2.75, 3.05) is 11.9 Å². The van der Waals surface area contributed by atoms with Gasteiger partial charge in [-0.1, -0.05) is 25.0 Å². The van der Waals surface area contributed by atoms with E-state index < -0.39 is 0 Å². The van der Waals surface area contributed by atoms with Crippen LogP contribution in [0.25, 0.3) is 0 Å². The first-order valence-corrected chi connectivity index (χ1v) is 9.03. The molecule has 27 heavy (non-hydrogen) atoms. The van der Waals surface area contributed by atoms with Crippen LogP contribution < -0.4 is 15.4 Å². The first-order valence-electron chi connectivity index (χ1n) is 9.03. The molecule has 2 aromatic rings. The highest BCUT2D eigenvalue weighted by Crippen LogP contribution is 2.20. The average Bonchev–Trinajstić information content (AvgIpc) is 3.20. The van der Waals surface area contributed by atoms with Gasteiger partial charge < -0.3 is 15.4 Å². The van der Waals surface area contributed by atoms with Crippen LogP contribution in [-0.2, 0) is 4.79 Å². The van der Waals surface area contributed by atoms with Gasteiger partial charge in [-0.15, -0.1) is 0 Å². The quantitative estimate of drug-likeness (QED) is 0.737. The summed E-state index contributed by atoms with van der Waals surface area (Å²) in [5, 5.41) is 5.76. The Labute approximate surface area is 157 Å². The molecule has 2 N–H and O–H groups in total. The third-order valence-corrected chi connectivity index (χ3v) is 4.52. The molecule has 6 nitrogen and oxygen atoms in total. The lowest BCUT2D eigenvalue weighted by Crippen LogP contribution is -2.33. The van der Waals surface area contributed by atoms with Crippen molar-refractivity contribution in [2.24, 2.45) is 0 Å². The van der Waals surface area contributed by atoms with Crippen molar-refractivity contribution in [3.05, 3.63) is 59.7 Å². The van der Waals surface area contributed by atoms with Gasteiger partial charge in [0.1, 0.15) is 12.0 Å². The van der Waals surface area contributed by atoms with Crippen LogP contribution in [0, 0.1) is 0 Å². The van der Waals surface area contributed by atoms with Gasteiger partial charge in [0, 0.05) is 11.6 Å². The zero-order chi connectivity index (χ0) is 19.1.